The first kappa shape index (κ1) is 36.0. The van der Waals surface area contributed by atoms with Crippen molar-refractivity contribution in [2.75, 3.05) is 6.61 Å². The second-order valence-corrected chi connectivity index (χ2v) is 14.3. The first-order valence-corrected chi connectivity index (χ1v) is 16.7. The van der Waals surface area contributed by atoms with E-state index in [1.165, 1.54) is 116 Å². The molecule has 0 aromatic rings. The minimum absolute atomic E-state index is 0.378. The second-order valence-electron chi connectivity index (χ2n) is 14.3. The summed E-state index contributed by atoms with van der Waals surface area (Å²) in [5.74, 6) is 5.98. The fourth-order valence-electron chi connectivity index (χ4n) is 6.13. The molecule has 0 saturated heterocycles. The number of aliphatic hydroxyl groups is 1. The summed E-state index contributed by atoms with van der Waals surface area (Å²) in [6, 6.07) is 0. The van der Waals surface area contributed by atoms with Crippen molar-refractivity contribution in [3.05, 3.63) is 0 Å². The van der Waals surface area contributed by atoms with E-state index in [4.69, 9.17) is 0 Å². The lowest BCUT2D eigenvalue weighted by molar-refractivity contribution is 0.234. The molecule has 0 bridgehead atoms. The zero-order valence-electron chi connectivity index (χ0n) is 26.6. The van der Waals surface area contributed by atoms with Crippen molar-refractivity contribution in [1.29, 1.82) is 0 Å². The molecule has 0 fully saturated rings. The van der Waals surface area contributed by atoms with Gasteiger partial charge in [-0.15, -0.1) is 0 Å². The van der Waals surface area contributed by atoms with Gasteiger partial charge >= 0.3 is 0 Å². The van der Waals surface area contributed by atoms with Crippen LogP contribution in [0.25, 0.3) is 0 Å². The summed E-state index contributed by atoms with van der Waals surface area (Å²) in [4.78, 5) is 0. The highest BCUT2D eigenvalue weighted by atomic mass is 16.3. The third kappa shape index (κ3) is 24.3. The maximum atomic E-state index is 9.73. The van der Waals surface area contributed by atoms with Gasteiger partial charge in [0.05, 0.1) is 0 Å². The van der Waals surface area contributed by atoms with Gasteiger partial charge in [0.15, 0.2) is 0 Å². The Morgan fingerprint density at radius 2 is 0.500 bits per heavy atom. The molecule has 0 amide bonds. The van der Waals surface area contributed by atoms with Gasteiger partial charge in [0, 0.05) is 6.61 Å². The molecular weight excluding hydrogens is 436 g/mol. The van der Waals surface area contributed by atoms with E-state index >= 15 is 0 Å². The molecule has 0 heterocycles. The maximum Gasteiger partial charge on any atom is 0.0433 e. The van der Waals surface area contributed by atoms with Crippen LogP contribution in [0.15, 0.2) is 0 Å². The highest BCUT2D eigenvalue weighted by molar-refractivity contribution is 4.68. The fourth-order valence-corrected chi connectivity index (χ4v) is 6.13. The van der Waals surface area contributed by atoms with E-state index in [0.717, 1.165) is 47.8 Å². The zero-order valence-corrected chi connectivity index (χ0v) is 26.6. The van der Waals surface area contributed by atoms with Gasteiger partial charge < -0.3 is 5.11 Å². The number of hydrogen-bond acceptors (Lipinski definition) is 1. The molecule has 0 unspecified atom stereocenters. The molecule has 218 valence electrons. The monoisotopic (exact) mass is 509 g/mol. The van der Waals surface area contributed by atoms with E-state index in [0.29, 0.717) is 6.61 Å². The highest BCUT2D eigenvalue weighted by Gasteiger charge is 2.15. The van der Waals surface area contributed by atoms with Gasteiger partial charge in [-0.3, -0.25) is 0 Å². The Balaban J connectivity index is 4.55. The normalized spacial score (nSPS) is 12.7. The standard InChI is InChI=1S/C35H72O/c1-29(2)15-9-19-33(20-10-16-30(3)4)23-13-25-35(27-28-36)26-14-24-34(21-11-17-31(5)6)22-12-18-32(7)8/h29-36H,9-28H2,1-8H3. The summed E-state index contributed by atoms with van der Waals surface area (Å²) < 4.78 is 0. The Morgan fingerprint density at radius 3 is 0.694 bits per heavy atom. The third-order valence-corrected chi connectivity index (χ3v) is 8.56. The average molecular weight is 509 g/mol. The van der Waals surface area contributed by atoms with Crippen LogP contribution in [0.2, 0.25) is 0 Å². The van der Waals surface area contributed by atoms with E-state index in [2.05, 4.69) is 55.4 Å². The minimum Gasteiger partial charge on any atom is -0.396 e. The van der Waals surface area contributed by atoms with Crippen molar-refractivity contribution in [2.24, 2.45) is 41.4 Å². The molecule has 0 aliphatic carbocycles. The summed E-state index contributed by atoms with van der Waals surface area (Å²) in [6.45, 7) is 19.3. The van der Waals surface area contributed by atoms with Crippen molar-refractivity contribution in [3.63, 3.8) is 0 Å². The Bertz CT molecular complexity index is 372. The van der Waals surface area contributed by atoms with Crippen LogP contribution in [-0.2, 0) is 0 Å². The summed E-state index contributed by atoms with van der Waals surface area (Å²) in [5, 5.41) is 9.73. The van der Waals surface area contributed by atoms with E-state index in [1.807, 2.05) is 0 Å². The predicted molar refractivity (Wildman–Crippen MR) is 165 cm³/mol. The fraction of sp³-hybridized carbons (Fsp3) is 1.00. The molecule has 0 rings (SSSR count). The number of rotatable bonds is 26. The van der Waals surface area contributed by atoms with Gasteiger partial charge in [0.1, 0.15) is 0 Å². The van der Waals surface area contributed by atoms with Gasteiger partial charge in [0.2, 0.25) is 0 Å². The molecule has 1 heteroatoms. The second kappa shape index (κ2) is 24.0. The van der Waals surface area contributed by atoms with Gasteiger partial charge in [-0.1, -0.05) is 171 Å². The Morgan fingerprint density at radius 1 is 0.306 bits per heavy atom. The summed E-state index contributed by atoms with van der Waals surface area (Å²) in [5.41, 5.74) is 0. The molecule has 0 saturated carbocycles. The largest absolute Gasteiger partial charge is 0.396 e. The molecule has 1 N–H and O–H groups in total. The van der Waals surface area contributed by atoms with Crippen LogP contribution in [0.5, 0.6) is 0 Å². The van der Waals surface area contributed by atoms with Crippen molar-refractivity contribution < 1.29 is 5.11 Å². The zero-order chi connectivity index (χ0) is 27.2. The smallest absolute Gasteiger partial charge is 0.0433 e. The van der Waals surface area contributed by atoms with Crippen molar-refractivity contribution in [3.8, 4) is 0 Å². The van der Waals surface area contributed by atoms with E-state index in [-0.39, 0.29) is 0 Å². The van der Waals surface area contributed by atoms with Gasteiger partial charge in [-0.05, 0) is 47.8 Å². The van der Waals surface area contributed by atoms with Crippen LogP contribution in [0.1, 0.15) is 177 Å². The van der Waals surface area contributed by atoms with Crippen LogP contribution in [0.3, 0.4) is 0 Å². The molecule has 36 heavy (non-hydrogen) atoms. The number of hydrogen-bond donors (Lipinski definition) is 1. The van der Waals surface area contributed by atoms with Crippen LogP contribution in [-0.4, -0.2) is 11.7 Å². The third-order valence-electron chi connectivity index (χ3n) is 8.56. The lowest BCUT2D eigenvalue weighted by Gasteiger charge is -2.22. The molecule has 1 nitrogen and oxygen atoms in total. The van der Waals surface area contributed by atoms with E-state index in [9.17, 15) is 5.11 Å². The molecule has 0 atom stereocenters. The average Bonchev–Trinajstić information content (AvgIpc) is 2.77. The Kier molecular flexibility index (Phi) is 24.0. The quantitative estimate of drug-likeness (QED) is 0.123. The molecule has 0 aliphatic heterocycles. The summed E-state index contributed by atoms with van der Waals surface area (Å²) >= 11 is 0. The van der Waals surface area contributed by atoms with E-state index < -0.39 is 0 Å². The molecule has 0 radical (unpaired) electrons. The first-order valence-electron chi connectivity index (χ1n) is 16.7. The van der Waals surface area contributed by atoms with Crippen molar-refractivity contribution >= 4 is 0 Å². The van der Waals surface area contributed by atoms with E-state index in [1.54, 1.807) is 0 Å². The lowest BCUT2D eigenvalue weighted by Crippen LogP contribution is -2.09. The van der Waals surface area contributed by atoms with Crippen LogP contribution in [0, 0.1) is 41.4 Å². The first-order chi connectivity index (χ1) is 17.1. The molecular formula is C35H72O. The number of aliphatic hydroxyl groups excluding tert-OH is 1. The van der Waals surface area contributed by atoms with Gasteiger partial charge in [0.25, 0.3) is 0 Å². The summed E-state index contributed by atoms with van der Waals surface area (Å²) in [7, 11) is 0. The van der Waals surface area contributed by atoms with Gasteiger partial charge in [-0.25, -0.2) is 0 Å². The van der Waals surface area contributed by atoms with Crippen LogP contribution < -0.4 is 0 Å². The summed E-state index contributed by atoms with van der Waals surface area (Å²) in [6.07, 6.45) is 26.3. The predicted octanol–water partition coefficient (Wildman–Crippen LogP) is 11.9. The molecule has 0 aromatic heterocycles. The SMILES string of the molecule is CC(C)CCCC(CCCC(C)C)CCCC(CCO)CCCC(CCCC(C)C)CCCC(C)C. The molecule has 0 aliphatic rings. The topological polar surface area (TPSA) is 20.2 Å². The minimum atomic E-state index is 0.378. The van der Waals surface area contributed by atoms with Crippen molar-refractivity contribution in [1.82, 2.24) is 0 Å². The molecule has 0 aromatic carbocycles. The molecule has 0 spiro atoms. The van der Waals surface area contributed by atoms with Crippen LogP contribution >= 0.6 is 0 Å². The Labute approximate surface area is 230 Å². The van der Waals surface area contributed by atoms with Crippen molar-refractivity contribution in [2.45, 2.75) is 177 Å². The Hall–Kier alpha value is -0.0400. The lowest BCUT2D eigenvalue weighted by atomic mass is 9.84. The van der Waals surface area contributed by atoms with Gasteiger partial charge in [-0.2, -0.15) is 0 Å². The van der Waals surface area contributed by atoms with Crippen LogP contribution in [0.4, 0.5) is 0 Å². The maximum absolute atomic E-state index is 9.73. The highest BCUT2D eigenvalue weighted by Crippen LogP contribution is 2.29.